The summed E-state index contributed by atoms with van der Waals surface area (Å²) in [4.78, 5) is 15.8. The van der Waals surface area contributed by atoms with Crippen LogP contribution in [0.1, 0.15) is 11.1 Å². The van der Waals surface area contributed by atoms with Gasteiger partial charge in [-0.2, -0.15) is 0 Å². The van der Waals surface area contributed by atoms with E-state index in [1.54, 1.807) is 13.0 Å². The monoisotopic (exact) mass is 256 g/mol. The van der Waals surface area contributed by atoms with Crippen molar-refractivity contribution in [3.05, 3.63) is 29.5 Å². The van der Waals surface area contributed by atoms with E-state index in [9.17, 15) is 13.6 Å². The Morgan fingerprint density at radius 3 is 2.78 bits per heavy atom. The van der Waals surface area contributed by atoms with Crippen molar-refractivity contribution in [2.24, 2.45) is 0 Å². The third-order valence-corrected chi connectivity index (χ3v) is 2.26. The van der Waals surface area contributed by atoms with Crippen LogP contribution >= 0.6 is 0 Å². The van der Waals surface area contributed by atoms with Gasteiger partial charge < -0.3 is 10.0 Å². The van der Waals surface area contributed by atoms with Crippen molar-refractivity contribution in [1.29, 1.82) is 0 Å². The maximum atomic E-state index is 12.2. The van der Waals surface area contributed by atoms with Crippen molar-refractivity contribution in [1.82, 2.24) is 4.98 Å². The summed E-state index contributed by atoms with van der Waals surface area (Å²) in [6, 6.07) is 1.70. The normalized spacial score (nSPS) is 11.2. The van der Waals surface area contributed by atoms with Gasteiger partial charge in [-0.1, -0.05) is 0 Å². The van der Waals surface area contributed by atoms with Gasteiger partial charge in [0.05, 0.1) is 6.54 Å². The number of carboxylic acids is 1. The molecule has 0 saturated heterocycles. The molecule has 0 radical (unpaired) electrons. The predicted octanol–water partition coefficient (Wildman–Crippen LogP) is 2.19. The Hall–Kier alpha value is -1.98. The van der Waals surface area contributed by atoms with Crippen molar-refractivity contribution in [3.63, 3.8) is 0 Å². The van der Waals surface area contributed by atoms with E-state index in [1.807, 2.05) is 0 Å². The Morgan fingerprint density at radius 2 is 2.28 bits per heavy atom. The molecule has 1 aromatic heterocycles. The first-order valence-corrected chi connectivity index (χ1v) is 5.27. The van der Waals surface area contributed by atoms with Gasteiger partial charge in [0, 0.05) is 19.3 Å². The number of pyridine rings is 1. The van der Waals surface area contributed by atoms with Crippen molar-refractivity contribution in [2.45, 2.75) is 13.3 Å². The molecule has 0 aliphatic rings. The van der Waals surface area contributed by atoms with Gasteiger partial charge in [0.15, 0.2) is 0 Å². The highest BCUT2D eigenvalue weighted by Crippen LogP contribution is 2.18. The van der Waals surface area contributed by atoms with Crippen LogP contribution in [0.3, 0.4) is 0 Å². The van der Waals surface area contributed by atoms with Crippen LogP contribution in [0.15, 0.2) is 18.3 Å². The maximum Gasteiger partial charge on any atom is 0.328 e. The molecule has 0 aliphatic heterocycles. The van der Waals surface area contributed by atoms with Gasteiger partial charge in [-0.05, 0) is 30.2 Å². The van der Waals surface area contributed by atoms with Crippen molar-refractivity contribution < 1.29 is 18.7 Å². The lowest BCUT2D eigenvalue weighted by molar-refractivity contribution is -0.131. The van der Waals surface area contributed by atoms with E-state index in [0.717, 1.165) is 6.08 Å². The van der Waals surface area contributed by atoms with Crippen LogP contribution in [-0.2, 0) is 4.79 Å². The first-order chi connectivity index (χ1) is 8.40. The number of hydrogen-bond donors (Lipinski definition) is 1. The number of halogens is 2. The Labute approximate surface area is 104 Å². The molecule has 0 aliphatic carbocycles. The second-order valence-electron chi connectivity index (χ2n) is 3.85. The topological polar surface area (TPSA) is 53.4 Å². The zero-order valence-corrected chi connectivity index (χ0v) is 10.1. The predicted molar refractivity (Wildman–Crippen MR) is 64.9 cm³/mol. The molecule has 0 bridgehead atoms. The number of aromatic nitrogens is 1. The third kappa shape index (κ3) is 4.12. The average Bonchev–Trinajstić information content (AvgIpc) is 2.25. The molecule has 4 nitrogen and oxygen atoms in total. The zero-order valence-electron chi connectivity index (χ0n) is 10.1. The quantitative estimate of drug-likeness (QED) is 0.820. The first kappa shape index (κ1) is 14.1. The van der Waals surface area contributed by atoms with Crippen molar-refractivity contribution in [3.8, 4) is 0 Å². The van der Waals surface area contributed by atoms with Gasteiger partial charge in [0.1, 0.15) is 5.82 Å². The van der Waals surface area contributed by atoms with Crippen LogP contribution in [0.25, 0.3) is 6.08 Å². The fourth-order valence-corrected chi connectivity index (χ4v) is 1.54. The number of carboxylic acid groups (broad SMARTS) is 1. The molecule has 0 amide bonds. The highest BCUT2D eigenvalue weighted by Gasteiger charge is 2.11. The lowest BCUT2D eigenvalue weighted by Gasteiger charge is -2.19. The smallest absolute Gasteiger partial charge is 0.328 e. The van der Waals surface area contributed by atoms with Gasteiger partial charge in [-0.3, -0.25) is 0 Å². The molecular weight excluding hydrogens is 242 g/mol. The molecular formula is C12H14F2N2O2. The summed E-state index contributed by atoms with van der Waals surface area (Å²) in [7, 11) is 1.54. The van der Waals surface area contributed by atoms with Crippen LogP contribution in [0.5, 0.6) is 0 Å². The van der Waals surface area contributed by atoms with E-state index in [-0.39, 0.29) is 0 Å². The van der Waals surface area contributed by atoms with Crippen LogP contribution in [0.2, 0.25) is 0 Å². The number of nitrogens with zero attached hydrogens (tertiary/aromatic N) is 2. The van der Waals surface area contributed by atoms with Gasteiger partial charge in [-0.15, -0.1) is 0 Å². The van der Waals surface area contributed by atoms with Gasteiger partial charge in [-0.25, -0.2) is 18.6 Å². The lowest BCUT2D eigenvalue weighted by Crippen LogP contribution is -2.25. The standard InChI is InChI=1S/C12H14F2N2O2/c1-8-5-9(3-4-11(17)18)6-15-12(8)16(2)7-10(13)14/h3-6,10H,7H2,1-2H3,(H,17,18)/b4-3+. The van der Waals surface area contributed by atoms with Crippen LogP contribution < -0.4 is 4.90 Å². The summed E-state index contributed by atoms with van der Waals surface area (Å²) in [5, 5.41) is 8.49. The Bertz CT molecular complexity index is 461. The molecule has 0 aromatic carbocycles. The van der Waals surface area contributed by atoms with E-state index < -0.39 is 18.9 Å². The van der Waals surface area contributed by atoms with E-state index in [2.05, 4.69) is 4.98 Å². The Balaban J connectivity index is 2.89. The molecule has 6 heteroatoms. The minimum Gasteiger partial charge on any atom is -0.478 e. The summed E-state index contributed by atoms with van der Waals surface area (Å²) in [5.74, 6) is -0.589. The number of carbonyl (C=O) groups is 1. The Kier molecular flexibility index (Phi) is 4.76. The maximum absolute atomic E-state index is 12.2. The highest BCUT2D eigenvalue weighted by molar-refractivity contribution is 5.85. The molecule has 18 heavy (non-hydrogen) atoms. The fourth-order valence-electron chi connectivity index (χ4n) is 1.54. The SMILES string of the molecule is Cc1cc(/C=C/C(=O)O)cnc1N(C)CC(F)F. The van der Waals surface area contributed by atoms with E-state index in [0.29, 0.717) is 16.9 Å². The number of aliphatic carboxylic acids is 1. The summed E-state index contributed by atoms with van der Waals surface area (Å²) in [6.07, 6.45) is 1.42. The van der Waals surface area contributed by atoms with Crippen LogP contribution in [0.4, 0.5) is 14.6 Å². The van der Waals surface area contributed by atoms with Crippen LogP contribution in [-0.4, -0.2) is 36.1 Å². The minimum absolute atomic E-state index is 0.391. The van der Waals surface area contributed by atoms with E-state index in [4.69, 9.17) is 5.11 Å². The number of hydrogen-bond acceptors (Lipinski definition) is 3. The first-order valence-electron chi connectivity index (χ1n) is 5.27. The summed E-state index contributed by atoms with van der Waals surface area (Å²) >= 11 is 0. The molecule has 1 aromatic rings. The molecule has 1 rings (SSSR count). The average molecular weight is 256 g/mol. The minimum atomic E-state index is -2.43. The lowest BCUT2D eigenvalue weighted by atomic mass is 10.2. The molecule has 1 N–H and O–H groups in total. The summed E-state index contributed by atoms with van der Waals surface area (Å²) in [5.41, 5.74) is 1.33. The number of rotatable bonds is 5. The second-order valence-corrected chi connectivity index (χ2v) is 3.85. The van der Waals surface area contributed by atoms with E-state index in [1.165, 1.54) is 24.2 Å². The zero-order chi connectivity index (χ0) is 13.7. The fraction of sp³-hybridized carbons (Fsp3) is 0.333. The molecule has 0 fully saturated rings. The van der Waals surface area contributed by atoms with Crippen molar-refractivity contribution >= 4 is 17.9 Å². The highest BCUT2D eigenvalue weighted by atomic mass is 19.3. The van der Waals surface area contributed by atoms with Crippen molar-refractivity contribution in [2.75, 3.05) is 18.5 Å². The summed E-state index contributed by atoms with van der Waals surface area (Å²) in [6.45, 7) is 1.35. The number of anilines is 1. The summed E-state index contributed by atoms with van der Waals surface area (Å²) < 4.78 is 24.5. The van der Waals surface area contributed by atoms with Gasteiger partial charge in [0.2, 0.25) is 0 Å². The van der Waals surface area contributed by atoms with Gasteiger partial charge >= 0.3 is 5.97 Å². The molecule has 0 atom stereocenters. The third-order valence-electron chi connectivity index (χ3n) is 2.26. The number of aryl methyl sites for hydroxylation is 1. The molecule has 1 heterocycles. The molecule has 0 unspecified atom stereocenters. The largest absolute Gasteiger partial charge is 0.478 e. The molecule has 98 valence electrons. The molecule has 0 saturated carbocycles. The van der Waals surface area contributed by atoms with Crippen LogP contribution in [0, 0.1) is 6.92 Å². The molecule has 0 spiro atoms. The van der Waals surface area contributed by atoms with Gasteiger partial charge in [0.25, 0.3) is 6.43 Å². The van der Waals surface area contributed by atoms with E-state index >= 15 is 0 Å². The number of alkyl halides is 2. The second kappa shape index (κ2) is 6.09. The Morgan fingerprint density at radius 1 is 1.61 bits per heavy atom.